The first kappa shape index (κ1) is 13.6. The fourth-order valence-electron chi connectivity index (χ4n) is 1.53. The van der Waals surface area contributed by atoms with Crippen LogP contribution in [0.3, 0.4) is 0 Å². The molecule has 0 radical (unpaired) electrons. The van der Waals surface area contributed by atoms with Crippen LogP contribution < -0.4 is 10.1 Å². The van der Waals surface area contributed by atoms with Crippen molar-refractivity contribution >= 4 is 5.91 Å². The highest BCUT2D eigenvalue weighted by Gasteiger charge is 2.18. The second-order valence-electron chi connectivity index (χ2n) is 4.07. The van der Waals surface area contributed by atoms with Crippen LogP contribution in [0.1, 0.15) is 32.3 Å². The van der Waals surface area contributed by atoms with Crippen LogP contribution in [0, 0.1) is 6.92 Å². The second kappa shape index (κ2) is 6.94. The molecule has 0 heterocycles. The molecule has 1 N–H and O–H groups in total. The first-order valence-electron chi connectivity index (χ1n) is 6.19. The number of ether oxygens (including phenoxy) is 1. The highest BCUT2D eigenvalue weighted by atomic mass is 16.5. The van der Waals surface area contributed by atoms with Gasteiger partial charge in [0, 0.05) is 6.54 Å². The van der Waals surface area contributed by atoms with Gasteiger partial charge in [0.1, 0.15) is 5.75 Å². The molecule has 1 atom stereocenters. The summed E-state index contributed by atoms with van der Waals surface area (Å²) in [7, 11) is 0. The van der Waals surface area contributed by atoms with Crippen LogP contribution in [0.2, 0.25) is 0 Å². The largest absolute Gasteiger partial charge is 0.480 e. The number of carbonyl (C=O) groups excluding carboxylic acids is 1. The van der Waals surface area contributed by atoms with Crippen molar-refractivity contribution in [3.8, 4) is 5.75 Å². The molecule has 0 fully saturated rings. The molecule has 0 bridgehead atoms. The Hall–Kier alpha value is -1.51. The molecule has 0 spiro atoms. The zero-order chi connectivity index (χ0) is 12.7. The Morgan fingerprint density at radius 1 is 1.35 bits per heavy atom. The molecule has 0 saturated heterocycles. The van der Waals surface area contributed by atoms with Crippen LogP contribution in [0.15, 0.2) is 24.3 Å². The number of aryl methyl sites for hydroxylation is 1. The van der Waals surface area contributed by atoms with E-state index in [1.54, 1.807) is 0 Å². The molecule has 1 aromatic rings. The Labute approximate surface area is 103 Å². The van der Waals surface area contributed by atoms with Gasteiger partial charge in [-0.05, 0) is 31.4 Å². The Morgan fingerprint density at radius 3 is 2.65 bits per heavy atom. The molecule has 1 rings (SSSR count). The highest BCUT2D eigenvalue weighted by molar-refractivity contribution is 5.81. The van der Waals surface area contributed by atoms with E-state index in [2.05, 4.69) is 5.32 Å². The number of hydrogen-bond acceptors (Lipinski definition) is 2. The molecule has 0 aliphatic heterocycles. The van der Waals surface area contributed by atoms with Crippen LogP contribution in [-0.4, -0.2) is 18.6 Å². The monoisotopic (exact) mass is 235 g/mol. The summed E-state index contributed by atoms with van der Waals surface area (Å²) in [6.45, 7) is 6.66. The third kappa shape index (κ3) is 4.10. The quantitative estimate of drug-likeness (QED) is 0.823. The van der Waals surface area contributed by atoms with Crippen molar-refractivity contribution in [2.75, 3.05) is 6.54 Å². The standard InChI is InChI=1S/C14H21NO2/c1-4-10-15-14(16)12(5-2)17-13-9-7-6-8-11(13)3/h6-9,12H,4-5,10H2,1-3H3,(H,15,16). The maximum Gasteiger partial charge on any atom is 0.261 e. The minimum Gasteiger partial charge on any atom is -0.480 e. The van der Waals surface area contributed by atoms with Crippen LogP contribution in [-0.2, 0) is 4.79 Å². The van der Waals surface area contributed by atoms with Gasteiger partial charge < -0.3 is 10.1 Å². The lowest BCUT2D eigenvalue weighted by molar-refractivity contribution is -0.128. The minimum atomic E-state index is -0.400. The lowest BCUT2D eigenvalue weighted by Crippen LogP contribution is -2.38. The molecule has 0 aliphatic carbocycles. The van der Waals surface area contributed by atoms with E-state index in [9.17, 15) is 4.79 Å². The van der Waals surface area contributed by atoms with E-state index in [0.717, 1.165) is 17.7 Å². The SMILES string of the molecule is CCCNC(=O)C(CC)Oc1ccccc1C. The molecule has 1 amide bonds. The van der Waals surface area contributed by atoms with Crippen LogP contribution in [0.5, 0.6) is 5.75 Å². The zero-order valence-electron chi connectivity index (χ0n) is 10.8. The van der Waals surface area contributed by atoms with Gasteiger partial charge in [-0.25, -0.2) is 0 Å². The van der Waals surface area contributed by atoms with E-state index in [1.807, 2.05) is 45.0 Å². The number of benzene rings is 1. The first-order chi connectivity index (χ1) is 8.19. The number of rotatable bonds is 6. The number of para-hydroxylation sites is 1. The predicted molar refractivity (Wildman–Crippen MR) is 69.2 cm³/mol. The van der Waals surface area contributed by atoms with Gasteiger partial charge in [-0.15, -0.1) is 0 Å². The smallest absolute Gasteiger partial charge is 0.261 e. The molecular formula is C14H21NO2. The van der Waals surface area contributed by atoms with Crippen molar-refractivity contribution in [3.05, 3.63) is 29.8 Å². The number of carbonyl (C=O) groups is 1. The molecule has 0 aliphatic rings. The van der Waals surface area contributed by atoms with Gasteiger partial charge >= 0.3 is 0 Å². The summed E-state index contributed by atoms with van der Waals surface area (Å²) in [5, 5.41) is 2.86. The molecular weight excluding hydrogens is 214 g/mol. The van der Waals surface area contributed by atoms with Crippen molar-refractivity contribution in [1.29, 1.82) is 0 Å². The van der Waals surface area contributed by atoms with Crippen LogP contribution in [0.25, 0.3) is 0 Å². The molecule has 1 aromatic carbocycles. The average Bonchev–Trinajstić information content (AvgIpc) is 2.35. The van der Waals surface area contributed by atoms with Gasteiger partial charge in [0.05, 0.1) is 0 Å². The normalized spacial score (nSPS) is 11.9. The summed E-state index contributed by atoms with van der Waals surface area (Å²) < 4.78 is 5.74. The van der Waals surface area contributed by atoms with Gasteiger partial charge in [0.25, 0.3) is 5.91 Å². The molecule has 94 valence electrons. The van der Waals surface area contributed by atoms with Gasteiger partial charge in [-0.3, -0.25) is 4.79 Å². The number of nitrogens with one attached hydrogen (secondary N) is 1. The van der Waals surface area contributed by atoms with Gasteiger partial charge in [0.2, 0.25) is 0 Å². The first-order valence-corrected chi connectivity index (χ1v) is 6.19. The van der Waals surface area contributed by atoms with Gasteiger partial charge in [0.15, 0.2) is 6.10 Å². The lowest BCUT2D eigenvalue weighted by atomic mass is 10.2. The molecule has 1 unspecified atom stereocenters. The topological polar surface area (TPSA) is 38.3 Å². The van der Waals surface area contributed by atoms with E-state index in [1.165, 1.54) is 0 Å². The Balaban J connectivity index is 2.63. The molecule has 0 aromatic heterocycles. The third-order valence-electron chi connectivity index (χ3n) is 2.58. The maximum atomic E-state index is 11.8. The molecule has 3 nitrogen and oxygen atoms in total. The van der Waals surface area contributed by atoms with Crippen molar-refractivity contribution in [3.63, 3.8) is 0 Å². The van der Waals surface area contributed by atoms with Crippen molar-refractivity contribution < 1.29 is 9.53 Å². The van der Waals surface area contributed by atoms with Crippen LogP contribution >= 0.6 is 0 Å². The Morgan fingerprint density at radius 2 is 2.06 bits per heavy atom. The molecule has 17 heavy (non-hydrogen) atoms. The van der Waals surface area contributed by atoms with E-state index in [4.69, 9.17) is 4.74 Å². The van der Waals surface area contributed by atoms with E-state index in [0.29, 0.717) is 13.0 Å². The van der Waals surface area contributed by atoms with Crippen molar-refractivity contribution in [2.45, 2.75) is 39.7 Å². The highest BCUT2D eigenvalue weighted by Crippen LogP contribution is 2.18. The number of amides is 1. The maximum absolute atomic E-state index is 11.8. The van der Waals surface area contributed by atoms with Crippen molar-refractivity contribution in [1.82, 2.24) is 5.32 Å². The van der Waals surface area contributed by atoms with E-state index in [-0.39, 0.29) is 5.91 Å². The third-order valence-corrected chi connectivity index (χ3v) is 2.58. The summed E-state index contributed by atoms with van der Waals surface area (Å²) in [5.41, 5.74) is 1.05. The molecule has 0 saturated carbocycles. The molecule has 3 heteroatoms. The Bertz CT molecular complexity index is 363. The fraction of sp³-hybridized carbons (Fsp3) is 0.500. The fourth-order valence-corrected chi connectivity index (χ4v) is 1.53. The number of hydrogen-bond donors (Lipinski definition) is 1. The second-order valence-corrected chi connectivity index (χ2v) is 4.07. The van der Waals surface area contributed by atoms with E-state index >= 15 is 0 Å². The zero-order valence-corrected chi connectivity index (χ0v) is 10.8. The summed E-state index contributed by atoms with van der Waals surface area (Å²) in [5.74, 6) is 0.753. The summed E-state index contributed by atoms with van der Waals surface area (Å²) in [6, 6.07) is 7.75. The predicted octanol–water partition coefficient (Wildman–Crippen LogP) is 2.68. The van der Waals surface area contributed by atoms with Crippen LogP contribution in [0.4, 0.5) is 0 Å². The van der Waals surface area contributed by atoms with E-state index < -0.39 is 6.10 Å². The Kier molecular flexibility index (Phi) is 5.53. The summed E-state index contributed by atoms with van der Waals surface area (Å²) >= 11 is 0. The average molecular weight is 235 g/mol. The van der Waals surface area contributed by atoms with Gasteiger partial charge in [-0.1, -0.05) is 32.0 Å². The van der Waals surface area contributed by atoms with Crippen molar-refractivity contribution in [2.24, 2.45) is 0 Å². The summed E-state index contributed by atoms with van der Waals surface area (Å²) in [6.07, 6.45) is 1.21. The van der Waals surface area contributed by atoms with Gasteiger partial charge in [-0.2, -0.15) is 0 Å². The summed E-state index contributed by atoms with van der Waals surface area (Å²) in [4.78, 5) is 11.8. The minimum absolute atomic E-state index is 0.0300. The lowest BCUT2D eigenvalue weighted by Gasteiger charge is -2.18.